The average molecular weight is 317 g/mol. The van der Waals surface area contributed by atoms with E-state index in [0.717, 1.165) is 23.9 Å². The zero-order valence-corrected chi connectivity index (χ0v) is 12.1. The van der Waals surface area contributed by atoms with Crippen molar-refractivity contribution in [2.24, 2.45) is 5.41 Å². The van der Waals surface area contributed by atoms with Gasteiger partial charge in [0.15, 0.2) is 0 Å². The molecule has 1 aromatic heterocycles. The maximum atomic E-state index is 12.6. The van der Waals surface area contributed by atoms with Crippen LogP contribution in [-0.2, 0) is 11.3 Å². The van der Waals surface area contributed by atoms with Crippen molar-refractivity contribution >= 4 is 5.91 Å². The Kier molecular flexibility index (Phi) is 3.88. The number of alkyl halides is 3. The highest BCUT2D eigenvalue weighted by Crippen LogP contribution is 2.42. The summed E-state index contributed by atoms with van der Waals surface area (Å²) in [7, 11) is 0. The zero-order chi connectivity index (χ0) is 15.8. The predicted octanol–water partition coefficient (Wildman–Crippen LogP) is 2.09. The number of carbonyl (C=O) groups excluding carboxylic acids is 1. The molecule has 1 aliphatic carbocycles. The molecule has 1 aliphatic heterocycles. The van der Waals surface area contributed by atoms with E-state index in [1.807, 2.05) is 0 Å². The van der Waals surface area contributed by atoms with Crippen LogP contribution in [0, 0.1) is 5.41 Å². The number of rotatable bonds is 2. The predicted molar refractivity (Wildman–Crippen MR) is 71.3 cm³/mol. The largest absolute Gasteiger partial charge is 0.408 e. The van der Waals surface area contributed by atoms with E-state index in [4.69, 9.17) is 4.74 Å². The lowest BCUT2D eigenvalue weighted by atomic mass is 9.69. The van der Waals surface area contributed by atoms with Crippen molar-refractivity contribution in [1.82, 2.24) is 14.7 Å². The fourth-order valence-corrected chi connectivity index (χ4v) is 3.12. The van der Waals surface area contributed by atoms with Gasteiger partial charge in [-0.25, -0.2) is 0 Å². The van der Waals surface area contributed by atoms with Crippen molar-refractivity contribution in [2.75, 3.05) is 26.3 Å². The van der Waals surface area contributed by atoms with Crippen LogP contribution in [0.15, 0.2) is 12.3 Å². The number of amides is 1. The summed E-state index contributed by atoms with van der Waals surface area (Å²) in [5, 5.41) is 3.63. The summed E-state index contributed by atoms with van der Waals surface area (Å²) in [4.78, 5) is 14.2. The van der Waals surface area contributed by atoms with Gasteiger partial charge in [0, 0.05) is 24.7 Å². The number of halogens is 3. The highest BCUT2D eigenvalue weighted by atomic mass is 19.4. The van der Waals surface area contributed by atoms with Crippen LogP contribution in [0.4, 0.5) is 13.2 Å². The minimum Gasteiger partial charge on any atom is -0.379 e. The molecule has 0 N–H and O–H groups in total. The molecule has 0 unspecified atom stereocenters. The van der Waals surface area contributed by atoms with E-state index in [-0.39, 0.29) is 11.1 Å². The van der Waals surface area contributed by atoms with Crippen LogP contribution in [-0.4, -0.2) is 53.1 Å². The first-order valence-electron chi connectivity index (χ1n) is 7.34. The Balaban J connectivity index is 1.77. The highest BCUT2D eigenvalue weighted by Gasteiger charge is 2.42. The second kappa shape index (κ2) is 5.57. The summed E-state index contributed by atoms with van der Waals surface area (Å²) in [6.07, 6.45) is -0.0703. The molecule has 2 fully saturated rings. The first kappa shape index (κ1) is 15.3. The topological polar surface area (TPSA) is 47.4 Å². The van der Waals surface area contributed by atoms with E-state index in [2.05, 4.69) is 5.10 Å². The molecule has 1 spiro atoms. The molecule has 1 aromatic rings. The van der Waals surface area contributed by atoms with Gasteiger partial charge in [0.05, 0.1) is 13.2 Å². The Morgan fingerprint density at radius 1 is 1.41 bits per heavy atom. The van der Waals surface area contributed by atoms with Crippen LogP contribution in [0.1, 0.15) is 29.8 Å². The minimum atomic E-state index is -4.40. The highest BCUT2D eigenvalue weighted by molar-refractivity contribution is 5.92. The number of ether oxygens (including phenoxy) is 1. The van der Waals surface area contributed by atoms with Gasteiger partial charge < -0.3 is 9.64 Å². The van der Waals surface area contributed by atoms with Crippen molar-refractivity contribution in [3.63, 3.8) is 0 Å². The molecule has 3 rings (SSSR count). The maximum Gasteiger partial charge on any atom is 0.408 e. The molecule has 1 amide bonds. The van der Waals surface area contributed by atoms with Gasteiger partial charge in [-0.15, -0.1) is 0 Å². The van der Waals surface area contributed by atoms with E-state index >= 15 is 0 Å². The lowest BCUT2D eigenvalue weighted by Gasteiger charge is -2.42. The molecule has 1 saturated carbocycles. The lowest BCUT2D eigenvalue weighted by molar-refractivity contribution is -0.142. The first-order valence-corrected chi connectivity index (χ1v) is 7.34. The monoisotopic (exact) mass is 317 g/mol. The third kappa shape index (κ3) is 3.11. The molecular weight excluding hydrogens is 299 g/mol. The normalized spacial score (nSPS) is 21.5. The van der Waals surface area contributed by atoms with Crippen LogP contribution >= 0.6 is 0 Å². The summed E-state index contributed by atoms with van der Waals surface area (Å²) in [6, 6.07) is 1.34. The molecule has 0 atom stereocenters. The molecule has 0 bridgehead atoms. The Morgan fingerprint density at radius 3 is 2.82 bits per heavy atom. The van der Waals surface area contributed by atoms with Crippen LogP contribution in [0.2, 0.25) is 0 Å². The van der Waals surface area contributed by atoms with Crippen molar-refractivity contribution in [3.05, 3.63) is 18.0 Å². The summed E-state index contributed by atoms with van der Waals surface area (Å²) in [6.45, 7) is 0.733. The van der Waals surface area contributed by atoms with Gasteiger partial charge in [-0.1, -0.05) is 6.42 Å². The molecule has 5 nitrogen and oxygen atoms in total. The standard InChI is InChI=1S/C14H18F3N3O2/c15-14(16,17)9-20-11(2-5-18-20)12(21)19-6-7-22-10-13(8-19)3-1-4-13/h2,5H,1,3-4,6-10H2. The molecule has 0 aromatic carbocycles. The second-order valence-electron chi connectivity index (χ2n) is 6.12. The van der Waals surface area contributed by atoms with Gasteiger partial charge in [-0.2, -0.15) is 18.3 Å². The number of aromatic nitrogens is 2. The Hall–Kier alpha value is -1.57. The summed E-state index contributed by atoms with van der Waals surface area (Å²) in [5.41, 5.74) is -0.0326. The van der Waals surface area contributed by atoms with Gasteiger partial charge in [-0.05, 0) is 18.9 Å². The maximum absolute atomic E-state index is 12.6. The molecule has 22 heavy (non-hydrogen) atoms. The van der Waals surface area contributed by atoms with E-state index < -0.39 is 18.6 Å². The molecule has 2 aliphatic rings. The van der Waals surface area contributed by atoms with E-state index in [1.54, 1.807) is 4.90 Å². The summed E-state index contributed by atoms with van der Waals surface area (Å²) >= 11 is 0. The van der Waals surface area contributed by atoms with E-state index in [1.165, 1.54) is 12.3 Å². The fraction of sp³-hybridized carbons (Fsp3) is 0.714. The van der Waals surface area contributed by atoms with Gasteiger partial charge in [0.2, 0.25) is 0 Å². The number of hydrogen-bond acceptors (Lipinski definition) is 3. The Morgan fingerprint density at radius 2 is 2.18 bits per heavy atom. The summed E-state index contributed by atoms with van der Waals surface area (Å²) < 4.78 is 43.9. The molecule has 2 heterocycles. The Labute approximate surface area is 126 Å². The third-order valence-corrected chi connectivity index (χ3v) is 4.41. The van der Waals surface area contributed by atoms with Gasteiger partial charge in [0.25, 0.3) is 5.91 Å². The lowest BCUT2D eigenvalue weighted by Crippen LogP contribution is -2.46. The SMILES string of the molecule is O=C(c1ccnn1CC(F)(F)F)N1CCOCC2(CCC2)C1. The quantitative estimate of drug-likeness (QED) is 0.839. The van der Waals surface area contributed by atoms with Crippen molar-refractivity contribution in [2.45, 2.75) is 32.0 Å². The first-order chi connectivity index (χ1) is 10.4. The fourth-order valence-electron chi connectivity index (χ4n) is 3.12. The van der Waals surface area contributed by atoms with Gasteiger partial charge in [0.1, 0.15) is 12.2 Å². The van der Waals surface area contributed by atoms with Crippen molar-refractivity contribution in [1.29, 1.82) is 0 Å². The van der Waals surface area contributed by atoms with Gasteiger partial charge in [-0.3, -0.25) is 9.48 Å². The molecule has 122 valence electrons. The van der Waals surface area contributed by atoms with Crippen LogP contribution in [0.3, 0.4) is 0 Å². The Bertz CT molecular complexity index is 552. The van der Waals surface area contributed by atoms with Crippen LogP contribution in [0.5, 0.6) is 0 Å². The number of nitrogens with zero attached hydrogens (tertiary/aromatic N) is 3. The second-order valence-corrected chi connectivity index (χ2v) is 6.12. The van der Waals surface area contributed by atoms with E-state index in [0.29, 0.717) is 26.3 Å². The zero-order valence-electron chi connectivity index (χ0n) is 12.1. The number of hydrogen-bond donors (Lipinski definition) is 0. The molecule has 1 saturated heterocycles. The smallest absolute Gasteiger partial charge is 0.379 e. The number of carbonyl (C=O) groups is 1. The molecule has 0 radical (unpaired) electrons. The van der Waals surface area contributed by atoms with E-state index in [9.17, 15) is 18.0 Å². The molecule has 8 heteroatoms. The van der Waals surface area contributed by atoms with Crippen LogP contribution in [0.25, 0.3) is 0 Å². The summed E-state index contributed by atoms with van der Waals surface area (Å²) in [5.74, 6) is -0.404. The third-order valence-electron chi connectivity index (χ3n) is 4.41. The van der Waals surface area contributed by atoms with Gasteiger partial charge >= 0.3 is 6.18 Å². The average Bonchev–Trinajstić information content (AvgIpc) is 2.71. The molecular formula is C14H18F3N3O2. The van der Waals surface area contributed by atoms with Crippen LogP contribution < -0.4 is 0 Å². The van der Waals surface area contributed by atoms with Crippen molar-refractivity contribution in [3.8, 4) is 0 Å². The minimum absolute atomic E-state index is 0.0129. The van der Waals surface area contributed by atoms with Crippen molar-refractivity contribution < 1.29 is 22.7 Å².